The van der Waals surface area contributed by atoms with Crippen LogP contribution in [0.5, 0.6) is 0 Å². The Morgan fingerprint density at radius 3 is 2.79 bits per heavy atom. The molecule has 1 saturated heterocycles. The van der Waals surface area contributed by atoms with Crippen molar-refractivity contribution in [1.82, 2.24) is 15.8 Å². The van der Waals surface area contributed by atoms with Crippen LogP contribution in [0, 0.1) is 11.6 Å². The summed E-state index contributed by atoms with van der Waals surface area (Å²) in [4.78, 5) is 20.5. The summed E-state index contributed by atoms with van der Waals surface area (Å²) in [6, 6.07) is 7.74. The lowest BCUT2D eigenvalue weighted by Crippen LogP contribution is -2.28. The number of nitrogens with one attached hydrogen (secondary N) is 3. The molecule has 0 radical (unpaired) electrons. The van der Waals surface area contributed by atoms with Crippen LogP contribution in [0.3, 0.4) is 0 Å². The van der Waals surface area contributed by atoms with Crippen molar-refractivity contribution in [1.29, 1.82) is 0 Å². The predicted molar refractivity (Wildman–Crippen MR) is 101 cm³/mol. The van der Waals surface area contributed by atoms with E-state index < -0.39 is 11.7 Å². The average molecular weight is 383 g/mol. The lowest BCUT2D eigenvalue weighted by Gasteiger charge is -2.23. The molecule has 1 unspecified atom stereocenters. The van der Waals surface area contributed by atoms with Gasteiger partial charge < -0.3 is 10.3 Å². The van der Waals surface area contributed by atoms with E-state index >= 15 is 4.39 Å². The van der Waals surface area contributed by atoms with Gasteiger partial charge in [0.05, 0.1) is 11.3 Å². The van der Waals surface area contributed by atoms with Crippen LogP contribution in [0.25, 0.3) is 22.2 Å². The van der Waals surface area contributed by atoms with E-state index in [1.165, 1.54) is 12.1 Å². The number of piperidine rings is 1. The minimum atomic E-state index is -0.542. The Balaban J connectivity index is 1.64. The molecule has 5 rings (SSSR count). The molecule has 1 amide bonds. The number of hydrogen-bond donors (Lipinski definition) is 3. The molecule has 2 aliphatic rings. The molecule has 28 heavy (non-hydrogen) atoms. The molecular weight excluding hydrogens is 364 g/mol. The summed E-state index contributed by atoms with van der Waals surface area (Å²) in [7, 11) is 0. The van der Waals surface area contributed by atoms with Gasteiger partial charge in [-0.05, 0) is 55.1 Å². The van der Waals surface area contributed by atoms with Crippen molar-refractivity contribution in [3.05, 3.63) is 58.7 Å². The van der Waals surface area contributed by atoms with E-state index in [2.05, 4.69) is 15.8 Å². The number of amides is 1. The van der Waals surface area contributed by atoms with Crippen LogP contribution in [0.15, 0.2) is 30.3 Å². The highest BCUT2D eigenvalue weighted by atomic mass is 19.1. The number of H-pyrrole nitrogens is 1. The molecule has 5 nitrogen and oxygen atoms in total. The topological polar surface area (TPSA) is 66.2 Å². The summed E-state index contributed by atoms with van der Waals surface area (Å²) in [5, 5.41) is 3.91. The maximum atomic E-state index is 15.1. The van der Waals surface area contributed by atoms with Crippen molar-refractivity contribution >= 4 is 16.8 Å². The van der Waals surface area contributed by atoms with Gasteiger partial charge in [-0.3, -0.25) is 9.63 Å². The van der Waals surface area contributed by atoms with Crippen LogP contribution in [0.2, 0.25) is 0 Å². The molecule has 0 spiro atoms. The Kier molecular flexibility index (Phi) is 4.14. The number of halogens is 2. The van der Waals surface area contributed by atoms with Gasteiger partial charge in [-0.25, -0.2) is 14.3 Å². The highest BCUT2D eigenvalue weighted by Crippen LogP contribution is 2.37. The van der Waals surface area contributed by atoms with Gasteiger partial charge >= 0.3 is 0 Å². The van der Waals surface area contributed by atoms with Crippen molar-refractivity contribution in [2.24, 2.45) is 0 Å². The van der Waals surface area contributed by atoms with Gasteiger partial charge in [0.25, 0.3) is 5.91 Å². The van der Waals surface area contributed by atoms with Gasteiger partial charge in [0.1, 0.15) is 18.2 Å². The molecule has 144 valence electrons. The van der Waals surface area contributed by atoms with Crippen molar-refractivity contribution < 1.29 is 18.4 Å². The number of carbonyl (C=O) groups excluding carboxylic acids is 1. The smallest absolute Gasteiger partial charge is 0.275 e. The molecule has 3 heterocycles. The van der Waals surface area contributed by atoms with Crippen LogP contribution in [-0.2, 0) is 11.4 Å². The van der Waals surface area contributed by atoms with E-state index in [4.69, 9.17) is 4.84 Å². The van der Waals surface area contributed by atoms with Gasteiger partial charge in [-0.1, -0.05) is 6.07 Å². The summed E-state index contributed by atoms with van der Waals surface area (Å²) in [5.41, 5.74) is 5.39. The molecule has 3 aromatic rings. The maximum absolute atomic E-state index is 15.1. The standard InChI is InChI=1S/C21H19F2N3O2/c22-13-7-15-19-16(10-28-26-21(15)27)20(25-18(19)8-13)14-4-3-11(6-17(14)23)12-2-1-5-24-9-12/h3-4,6-8,12,24-25H,1-2,5,9-10H2,(H,26,27). The fourth-order valence-electron chi connectivity index (χ4n) is 4.27. The van der Waals surface area contributed by atoms with E-state index in [9.17, 15) is 9.18 Å². The predicted octanol–water partition coefficient (Wildman–Crippen LogP) is 3.76. The minimum absolute atomic E-state index is 0.0629. The van der Waals surface area contributed by atoms with Crippen molar-refractivity contribution in [3.8, 4) is 11.3 Å². The third-order valence-electron chi connectivity index (χ3n) is 5.62. The Hall–Kier alpha value is -2.77. The minimum Gasteiger partial charge on any atom is -0.354 e. The van der Waals surface area contributed by atoms with Crippen LogP contribution < -0.4 is 10.8 Å². The van der Waals surface area contributed by atoms with Gasteiger partial charge in [0, 0.05) is 28.6 Å². The Morgan fingerprint density at radius 2 is 2.00 bits per heavy atom. The molecular formula is C21H19F2N3O2. The second kappa shape index (κ2) is 6.68. The first-order valence-electron chi connectivity index (χ1n) is 9.38. The zero-order chi connectivity index (χ0) is 19.3. The van der Waals surface area contributed by atoms with Gasteiger partial charge in [-0.2, -0.15) is 0 Å². The molecule has 2 aliphatic heterocycles. The average Bonchev–Trinajstić information content (AvgIpc) is 2.96. The first-order valence-corrected chi connectivity index (χ1v) is 9.38. The lowest BCUT2D eigenvalue weighted by atomic mass is 9.90. The van der Waals surface area contributed by atoms with E-state index in [0.29, 0.717) is 33.6 Å². The van der Waals surface area contributed by atoms with Crippen LogP contribution in [0.1, 0.15) is 40.2 Å². The van der Waals surface area contributed by atoms with Gasteiger partial charge in [0.15, 0.2) is 0 Å². The zero-order valence-electron chi connectivity index (χ0n) is 15.1. The second-order valence-electron chi connectivity index (χ2n) is 7.36. The van der Waals surface area contributed by atoms with Crippen molar-refractivity contribution in [3.63, 3.8) is 0 Å². The molecule has 2 aromatic carbocycles. The number of carbonyl (C=O) groups is 1. The fraction of sp³-hybridized carbons (Fsp3) is 0.286. The SMILES string of the molecule is O=C1NOCc2c(-c3ccc(C4CCCNC4)cc3F)[nH]c3cc(F)cc1c23. The summed E-state index contributed by atoms with van der Waals surface area (Å²) >= 11 is 0. The first kappa shape index (κ1) is 17.3. The third kappa shape index (κ3) is 2.78. The molecule has 1 atom stereocenters. The normalized spacial score (nSPS) is 19.5. The molecule has 1 fully saturated rings. The van der Waals surface area contributed by atoms with Crippen molar-refractivity contribution in [2.45, 2.75) is 25.4 Å². The van der Waals surface area contributed by atoms with Gasteiger partial charge in [0.2, 0.25) is 0 Å². The van der Waals surface area contributed by atoms with Crippen LogP contribution in [0.4, 0.5) is 8.78 Å². The molecule has 0 saturated carbocycles. The Labute approximate surface area is 160 Å². The quantitative estimate of drug-likeness (QED) is 0.631. The zero-order valence-corrected chi connectivity index (χ0v) is 15.1. The number of rotatable bonds is 2. The summed E-state index contributed by atoms with van der Waals surface area (Å²) < 4.78 is 29.0. The van der Waals surface area contributed by atoms with Crippen molar-refractivity contribution in [2.75, 3.05) is 13.1 Å². The fourth-order valence-corrected chi connectivity index (χ4v) is 4.27. The summed E-state index contributed by atoms with van der Waals surface area (Å²) in [6.45, 7) is 1.91. The van der Waals surface area contributed by atoms with E-state index in [1.54, 1.807) is 12.1 Å². The number of hydroxylamine groups is 1. The molecule has 0 aliphatic carbocycles. The Morgan fingerprint density at radius 1 is 1.11 bits per heavy atom. The van der Waals surface area contributed by atoms with Crippen LogP contribution in [-0.4, -0.2) is 24.0 Å². The van der Waals surface area contributed by atoms with E-state index in [0.717, 1.165) is 31.5 Å². The number of aromatic nitrogens is 1. The van der Waals surface area contributed by atoms with E-state index in [-0.39, 0.29) is 18.0 Å². The Bertz CT molecular complexity index is 1090. The molecule has 0 bridgehead atoms. The maximum Gasteiger partial charge on any atom is 0.275 e. The number of benzene rings is 2. The summed E-state index contributed by atoms with van der Waals surface area (Å²) in [6.07, 6.45) is 2.11. The number of hydrogen-bond acceptors (Lipinski definition) is 3. The summed E-state index contributed by atoms with van der Waals surface area (Å²) in [5.74, 6) is -1.11. The highest BCUT2D eigenvalue weighted by Gasteiger charge is 2.25. The molecule has 3 N–H and O–H groups in total. The molecule has 7 heteroatoms. The third-order valence-corrected chi connectivity index (χ3v) is 5.62. The second-order valence-corrected chi connectivity index (χ2v) is 7.36. The largest absolute Gasteiger partial charge is 0.354 e. The lowest BCUT2D eigenvalue weighted by molar-refractivity contribution is 0.0255. The van der Waals surface area contributed by atoms with Gasteiger partial charge in [-0.15, -0.1) is 0 Å². The first-order chi connectivity index (χ1) is 13.6. The monoisotopic (exact) mass is 383 g/mol. The highest BCUT2D eigenvalue weighted by molar-refractivity contribution is 6.09. The van der Waals surface area contributed by atoms with E-state index in [1.807, 2.05) is 6.07 Å². The number of aromatic amines is 1. The van der Waals surface area contributed by atoms with Crippen LogP contribution >= 0.6 is 0 Å². The molecule has 1 aromatic heterocycles.